The summed E-state index contributed by atoms with van der Waals surface area (Å²) in [7, 11) is -2.76. The zero-order valence-corrected chi connectivity index (χ0v) is 25.4. The molecule has 1 aliphatic heterocycles. The van der Waals surface area contributed by atoms with Gasteiger partial charge in [-0.2, -0.15) is 10.1 Å². The average Bonchev–Trinajstić information content (AvgIpc) is 3.15. The summed E-state index contributed by atoms with van der Waals surface area (Å²) in [5, 5.41) is 11.3. The molecule has 4 rings (SSSR count). The lowest BCUT2D eigenvalue weighted by molar-refractivity contribution is 0.241. The number of nitrogens with one attached hydrogen (secondary N) is 2. The van der Waals surface area contributed by atoms with E-state index in [1.807, 2.05) is 46.8 Å². The van der Waals surface area contributed by atoms with E-state index in [0.717, 1.165) is 11.1 Å². The first-order valence-corrected chi connectivity index (χ1v) is 15.9. The van der Waals surface area contributed by atoms with Crippen LogP contribution < -0.4 is 15.4 Å². The Hall–Kier alpha value is -2.74. The van der Waals surface area contributed by atoms with Gasteiger partial charge in [-0.15, -0.1) is 0 Å². The fraction of sp³-hybridized carbons (Fsp3) is 0.480. The number of ether oxygens (including phenoxy) is 1. The second kappa shape index (κ2) is 11.4. The second-order valence-electron chi connectivity index (χ2n) is 10.2. The maximum Gasteiger partial charge on any atom is 0.229 e. The molecule has 1 saturated heterocycles. The number of hydrogen-bond acceptors (Lipinski definition) is 9. The SMILES string of the molecule is Cc1cc(Nc2ncc(Cl)c(Nc3cn(C)nc3S(=O)C(C)C)n2)c(OC(C)C)cc1C1CN(S(C)(=O)=O)C1. The molecule has 0 saturated carbocycles. The molecule has 0 radical (unpaired) electrons. The summed E-state index contributed by atoms with van der Waals surface area (Å²) in [6.45, 7) is 10.5. The highest BCUT2D eigenvalue weighted by molar-refractivity contribution is 7.88. The molecule has 3 heterocycles. The molecule has 212 valence electrons. The standard InChI is InChI=1S/C25H34ClN7O4S2/c1-14(2)37-22-9-18(17-11-33(12-17)39(7,35)36)16(5)8-20(22)29-25-27-10-19(26)23(30-25)28-21-13-32(6)31-24(21)38(34)15(3)4/h8-10,13-15,17H,11-12H2,1-7H3,(H2,27,28,29,30). The third kappa shape index (κ3) is 6.71. The molecule has 1 aromatic carbocycles. The van der Waals surface area contributed by atoms with Crippen molar-refractivity contribution in [1.29, 1.82) is 0 Å². The highest BCUT2D eigenvalue weighted by atomic mass is 35.5. The lowest BCUT2D eigenvalue weighted by atomic mass is 9.89. The third-order valence-electron chi connectivity index (χ3n) is 6.15. The van der Waals surface area contributed by atoms with E-state index in [4.69, 9.17) is 16.3 Å². The Morgan fingerprint density at radius 1 is 1.15 bits per heavy atom. The van der Waals surface area contributed by atoms with Crippen LogP contribution in [0, 0.1) is 6.92 Å². The summed E-state index contributed by atoms with van der Waals surface area (Å²) >= 11 is 6.41. The summed E-state index contributed by atoms with van der Waals surface area (Å²) in [4.78, 5) is 8.89. The lowest BCUT2D eigenvalue weighted by Gasteiger charge is -2.38. The minimum atomic E-state index is -3.20. The number of aromatic nitrogens is 4. The van der Waals surface area contributed by atoms with Gasteiger partial charge in [-0.25, -0.2) is 17.7 Å². The van der Waals surface area contributed by atoms with E-state index in [1.54, 1.807) is 17.9 Å². The number of aryl methyl sites for hydroxylation is 2. The number of halogens is 1. The summed E-state index contributed by atoms with van der Waals surface area (Å²) in [5.41, 5.74) is 3.25. The van der Waals surface area contributed by atoms with Crippen molar-refractivity contribution in [2.24, 2.45) is 7.05 Å². The summed E-state index contributed by atoms with van der Waals surface area (Å²) in [5.74, 6) is 1.32. The Morgan fingerprint density at radius 2 is 1.85 bits per heavy atom. The van der Waals surface area contributed by atoms with Crippen LogP contribution in [-0.2, 0) is 27.9 Å². The van der Waals surface area contributed by atoms with Crippen molar-refractivity contribution in [1.82, 2.24) is 24.1 Å². The summed E-state index contributed by atoms with van der Waals surface area (Å²) < 4.78 is 45.6. The number of anilines is 4. The van der Waals surface area contributed by atoms with Gasteiger partial charge in [-0.05, 0) is 44.0 Å². The van der Waals surface area contributed by atoms with Crippen molar-refractivity contribution < 1.29 is 17.4 Å². The predicted octanol–water partition coefficient (Wildman–Crippen LogP) is 4.32. The molecule has 2 aromatic heterocycles. The first kappa shape index (κ1) is 29.2. The summed E-state index contributed by atoms with van der Waals surface area (Å²) in [6.07, 6.45) is 4.34. The number of rotatable bonds is 10. The number of nitrogens with zero attached hydrogens (tertiary/aromatic N) is 5. The molecular weight excluding hydrogens is 562 g/mol. The Kier molecular flexibility index (Phi) is 8.55. The van der Waals surface area contributed by atoms with Crippen molar-refractivity contribution in [2.75, 3.05) is 30.0 Å². The van der Waals surface area contributed by atoms with Crippen LogP contribution in [0.15, 0.2) is 29.6 Å². The van der Waals surface area contributed by atoms with Crippen LogP contribution >= 0.6 is 11.6 Å². The van der Waals surface area contributed by atoms with Crippen LogP contribution in [0.2, 0.25) is 5.02 Å². The Balaban J connectivity index is 1.62. The zero-order chi connectivity index (χ0) is 28.6. The van der Waals surface area contributed by atoms with Crippen molar-refractivity contribution >= 4 is 55.6 Å². The van der Waals surface area contributed by atoms with Crippen LogP contribution in [0.4, 0.5) is 23.1 Å². The van der Waals surface area contributed by atoms with E-state index in [0.29, 0.717) is 41.1 Å². The van der Waals surface area contributed by atoms with Gasteiger partial charge in [-0.3, -0.25) is 8.89 Å². The molecule has 1 atom stereocenters. The average molecular weight is 596 g/mol. The van der Waals surface area contributed by atoms with Gasteiger partial charge in [0.25, 0.3) is 0 Å². The molecule has 1 fully saturated rings. The highest BCUT2D eigenvalue weighted by Gasteiger charge is 2.35. The highest BCUT2D eigenvalue weighted by Crippen LogP contribution is 2.38. The van der Waals surface area contributed by atoms with Crippen molar-refractivity contribution in [3.05, 3.63) is 40.7 Å². The van der Waals surface area contributed by atoms with Crippen LogP contribution in [0.1, 0.15) is 44.7 Å². The fourth-order valence-corrected chi connectivity index (χ4v) is 6.20. The lowest BCUT2D eigenvalue weighted by Crippen LogP contribution is -2.48. The van der Waals surface area contributed by atoms with Crippen LogP contribution in [-0.4, -0.2) is 67.4 Å². The Bertz CT molecular complexity index is 1500. The largest absolute Gasteiger partial charge is 0.489 e. The van der Waals surface area contributed by atoms with Crippen LogP contribution in [0.5, 0.6) is 5.75 Å². The van der Waals surface area contributed by atoms with E-state index >= 15 is 0 Å². The van der Waals surface area contributed by atoms with Crippen molar-refractivity contribution in [3.8, 4) is 5.75 Å². The third-order valence-corrected chi connectivity index (χ3v) is 9.20. The van der Waals surface area contributed by atoms with Gasteiger partial charge in [0, 0.05) is 37.5 Å². The number of hydrogen-bond donors (Lipinski definition) is 2. The summed E-state index contributed by atoms with van der Waals surface area (Å²) in [6, 6.07) is 3.91. The van der Waals surface area contributed by atoms with E-state index in [9.17, 15) is 12.6 Å². The molecule has 0 amide bonds. The van der Waals surface area contributed by atoms with Gasteiger partial charge >= 0.3 is 0 Å². The smallest absolute Gasteiger partial charge is 0.229 e. The van der Waals surface area contributed by atoms with Gasteiger partial charge in [-0.1, -0.05) is 25.4 Å². The Morgan fingerprint density at radius 3 is 2.46 bits per heavy atom. The van der Waals surface area contributed by atoms with E-state index in [2.05, 4.69) is 25.7 Å². The van der Waals surface area contributed by atoms with Gasteiger partial charge in [0.15, 0.2) is 10.8 Å². The monoisotopic (exact) mass is 595 g/mol. The molecule has 1 unspecified atom stereocenters. The molecule has 1 aliphatic rings. The first-order valence-electron chi connectivity index (χ1n) is 12.5. The topological polar surface area (TPSA) is 131 Å². The fourth-order valence-electron chi connectivity index (χ4n) is 4.19. The molecule has 0 bridgehead atoms. The van der Waals surface area contributed by atoms with Gasteiger partial charge in [0.05, 0.1) is 40.7 Å². The number of sulfonamides is 1. The van der Waals surface area contributed by atoms with Crippen molar-refractivity contribution in [3.63, 3.8) is 0 Å². The Labute approximate surface area is 236 Å². The van der Waals surface area contributed by atoms with Crippen LogP contribution in [0.25, 0.3) is 0 Å². The maximum atomic E-state index is 12.8. The number of benzene rings is 1. The van der Waals surface area contributed by atoms with Gasteiger partial charge in [0.2, 0.25) is 16.0 Å². The second-order valence-corrected chi connectivity index (χ2v) is 14.5. The maximum absolute atomic E-state index is 12.8. The van der Waals surface area contributed by atoms with Crippen LogP contribution in [0.3, 0.4) is 0 Å². The zero-order valence-electron chi connectivity index (χ0n) is 23.0. The minimum Gasteiger partial charge on any atom is -0.489 e. The molecule has 0 aliphatic carbocycles. The van der Waals surface area contributed by atoms with E-state index < -0.39 is 20.8 Å². The quantitative estimate of drug-likeness (QED) is 0.352. The molecule has 14 heteroatoms. The van der Waals surface area contributed by atoms with Gasteiger partial charge < -0.3 is 15.4 Å². The molecule has 0 spiro atoms. The molecule has 2 N–H and O–H groups in total. The minimum absolute atomic E-state index is 0.0933. The van der Waals surface area contributed by atoms with Crippen molar-refractivity contribution in [2.45, 2.75) is 56.9 Å². The molecule has 11 nitrogen and oxygen atoms in total. The molecular formula is C25H34ClN7O4S2. The van der Waals surface area contributed by atoms with E-state index in [1.165, 1.54) is 16.8 Å². The molecule has 39 heavy (non-hydrogen) atoms. The van der Waals surface area contributed by atoms with E-state index in [-0.39, 0.29) is 28.2 Å². The molecule has 3 aromatic rings. The first-order chi connectivity index (χ1) is 18.2. The van der Waals surface area contributed by atoms with Gasteiger partial charge in [0.1, 0.15) is 10.8 Å². The normalized spacial score (nSPS) is 15.4. The predicted molar refractivity (Wildman–Crippen MR) is 154 cm³/mol.